The largest absolute Gasteiger partial charge is 0.314 e. The van der Waals surface area contributed by atoms with Gasteiger partial charge in [0, 0.05) is 6.04 Å². The van der Waals surface area contributed by atoms with E-state index in [1.165, 1.54) is 31.2 Å². The fourth-order valence-corrected chi connectivity index (χ4v) is 2.68. The summed E-state index contributed by atoms with van der Waals surface area (Å²) >= 11 is 0. The summed E-state index contributed by atoms with van der Waals surface area (Å²) in [6, 6.07) is 11.7. The van der Waals surface area contributed by atoms with Crippen molar-refractivity contribution >= 4 is 0 Å². The first kappa shape index (κ1) is 10.7. The molecule has 0 radical (unpaired) electrons. The molecular weight excluding hydrogens is 182 g/mol. The Kier molecular flexibility index (Phi) is 3.79. The zero-order valence-corrected chi connectivity index (χ0v) is 9.58. The zero-order chi connectivity index (χ0) is 10.5. The molecular formula is C14H21N. The van der Waals surface area contributed by atoms with E-state index < -0.39 is 0 Å². The summed E-state index contributed by atoms with van der Waals surface area (Å²) in [5.74, 6) is 0.899. The van der Waals surface area contributed by atoms with E-state index in [4.69, 9.17) is 0 Å². The number of rotatable bonds is 4. The van der Waals surface area contributed by atoms with Gasteiger partial charge < -0.3 is 5.32 Å². The van der Waals surface area contributed by atoms with Crippen LogP contribution >= 0.6 is 0 Å². The topological polar surface area (TPSA) is 12.0 Å². The molecule has 1 nitrogen and oxygen atoms in total. The van der Waals surface area contributed by atoms with E-state index in [1.54, 1.807) is 0 Å². The smallest absolute Gasteiger partial charge is 0.00698 e. The molecule has 0 heterocycles. The van der Waals surface area contributed by atoms with Crippen molar-refractivity contribution in [1.82, 2.24) is 5.32 Å². The average Bonchev–Trinajstić information content (AvgIpc) is 2.68. The molecule has 1 N–H and O–H groups in total. The van der Waals surface area contributed by atoms with Crippen molar-refractivity contribution in [3.8, 4) is 0 Å². The molecule has 0 aromatic heterocycles. The molecule has 2 unspecified atom stereocenters. The second kappa shape index (κ2) is 5.32. The van der Waals surface area contributed by atoms with E-state index in [0.29, 0.717) is 0 Å². The Labute approximate surface area is 92.9 Å². The molecule has 0 aliphatic heterocycles. The van der Waals surface area contributed by atoms with Crippen LogP contribution in [0, 0.1) is 5.92 Å². The van der Waals surface area contributed by atoms with Gasteiger partial charge in [-0.15, -0.1) is 0 Å². The normalized spacial score (nSPS) is 25.7. The molecule has 1 fully saturated rings. The molecule has 1 saturated carbocycles. The third-order valence-corrected chi connectivity index (χ3v) is 3.40. The number of nitrogens with one attached hydrogen (secondary N) is 1. The fourth-order valence-electron chi connectivity index (χ4n) is 2.68. The molecule has 0 bridgehead atoms. The van der Waals surface area contributed by atoms with E-state index in [9.17, 15) is 0 Å². The van der Waals surface area contributed by atoms with E-state index in [-0.39, 0.29) is 0 Å². The molecule has 1 aromatic carbocycles. The van der Waals surface area contributed by atoms with Gasteiger partial charge in [0.05, 0.1) is 0 Å². The lowest BCUT2D eigenvalue weighted by Gasteiger charge is -2.11. The van der Waals surface area contributed by atoms with Crippen LogP contribution in [-0.4, -0.2) is 12.6 Å². The maximum atomic E-state index is 3.56. The second-order valence-electron chi connectivity index (χ2n) is 4.62. The minimum Gasteiger partial charge on any atom is -0.314 e. The van der Waals surface area contributed by atoms with Gasteiger partial charge in [-0.25, -0.2) is 0 Å². The predicted molar refractivity (Wildman–Crippen MR) is 65.0 cm³/mol. The van der Waals surface area contributed by atoms with E-state index >= 15 is 0 Å². The van der Waals surface area contributed by atoms with Crippen LogP contribution in [0.3, 0.4) is 0 Å². The highest BCUT2D eigenvalue weighted by molar-refractivity contribution is 5.15. The molecule has 15 heavy (non-hydrogen) atoms. The van der Waals surface area contributed by atoms with Crippen molar-refractivity contribution in [2.24, 2.45) is 5.92 Å². The Morgan fingerprint density at radius 1 is 1.20 bits per heavy atom. The first-order valence-electron chi connectivity index (χ1n) is 6.15. The Hall–Kier alpha value is -0.820. The van der Waals surface area contributed by atoms with Crippen LogP contribution < -0.4 is 5.32 Å². The molecule has 82 valence electrons. The molecule has 1 aliphatic carbocycles. The summed E-state index contributed by atoms with van der Waals surface area (Å²) in [5, 5.41) is 3.56. The quantitative estimate of drug-likeness (QED) is 0.793. The Morgan fingerprint density at radius 3 is 2.73 bits per heavy atom. The Bertz CT molecular complexity index is 281. The first-order chi connectivity index (χ1) is 7.38. The molecule has 2 rings (SSSR count). The highest BCUT2D eigenvalue weighted by atomic mass is 14.9. The van der Waals surface area contributed by atoms with Crippen LogP contribution in [0.25, 0.3) is 0 Å². The summed E-state index contributed by atoms with van der Waals surface area (Å²) in [7, 11) is 0. The summed E-state index contributed by atoms with van der Waals surface area (Å²) < 4.78 is 0. The van der Waals surface area contributed by atoms with Crippen molar-refractivity contribution in [3.63, 3.8) is 0 Å². The van der Waals surface area contributed by atoms with Crippen LogP contribution in [0.2, 0.25) is 0 Å². The average molecular weight is 203 g/mol. The SMILES string of the molecule is CCNC1CCC(Cc2ccccc2)C1. The van der Waals surface area contributed by atoms with Gasteiger partial charge in [0.1, 0.15) is 0 Å². The van der Waals surface area contributed by atoms with Crippen molar-refractivity contribution in [2.75, 3.05) is 6.54 Å². The van der Waals surface area contributed by atoms with E-state index in [1.807, 2.05) is 0 Å². The molecule has 0 spiro atoms. The van der Waals surface area contributed by atoms with Gasteiger partial charge in [-0.3, -0.25) is 0 Å². The van der Waals surface area contributed by atoms with Crippen molar-refractivity contribution in [2.45, 2.75) is 38.6 Å². The fraction of sp³-hybridized carbons (Fsp3) is 0.571. The van der Waals surface area contributed by atoms with Gasteiger partial charge in [0.2, 0.25) is 0 Å². The Morgan fingerprint density at radius 2 is 2.00 bits per heavy atom. The summed E-state index contributed by atoms with van der Waals surface area (Å²) in [6.45, 7) is 3.31. The number of hydrogen-bond acceptors (Lipinski definition) is 1. The maximum absolute atomic E-state index is 3.56. The third-order valence-electron chi connectivity index (χ3n) is 3.40. The van der Waals surface area contributed by atoms with Gasteiger partial charge in [-0.05, 0) is 43.7 Å². The summed E-state index contributed by atoms with van der Waals surface area (Å²) in [4.78, 5) is 0. The zero-order valence-electron chi connectivity index (χ0n) is 9.58. The number of hydrogen-bond donors (Lipinski definition) is 1. The lowest BCUT2D eigenvalue weighted by atomic mass is 9.98. The number of benzene rings is 1. The standard InChI is InChI=1S/C14H21N/c1-2-15-14-9-8-13(11-14)10-12-6-4-3-5-7-12/h3-7,13-15H,2,8-11H2,1H3. The van der Waals surface area contributed by atoms with Crippen molar-refractivity contribution in [1.29, 1.82) is 0 Å². The van der Waals surface area contributed by atoms with Crippen LogP contribution in [-0.2, 0) is 6.42 Å². The van der Waals surface area contributed by atoms with Gasteiger partial charge in [-0.1, -0.05) is 37.3 Å². The van der Waals surface area contributed by atoms with Crippen LogP contribution in [0.1, 0.15) is 31.7 Å². The van der Waals surface area contributed by atoms with Gasteiger partial charge in [-0.2, -0.15) is 0 Å². The highest BCUT2D eigenvalue weighted by Crippen LogP contribution is 2.28. The highest BCUT2D eigenvalue weighted by Gasteiger charge is 2.23. The maximum Gasteiger partial charge on any atom is 0.00698 e. The van der Waals surface area contributed by atoms with Crippen LogP contribution in [0.15, 0.2) is 30.3 Å². The molecule has 1 aromatic rings. The summed E-state index contributed by atoms with van der Waals surface area (Å²) in [6.07, 6.45) is 5.39. The molecule has 0 amide bonds. The van der Waals surface area contributed by atoms with E-state index in [2.05, 4.69) is 42.6 Å². The van der Waals surface area contributed by atoms with Crippen LogP contribution in [0.5, 0.6) is 0 Å². The minimum atomic E-state index is 0.781. The van der Waals surface area contributed by atoms with Gasteiger partial charge >= 0.3 is 0 Å². The summed E-state index contributed by atoms with van der Waals surface area (Å²) in [5.41, 5.74) is 1.50. The van der Waals surface area contributed by atoms with Gasteiger partial charge in [0.25, 0.3) is 0 Å². The minimum absolute atomic E-state index is 0.781. The lowest BCUT2D eigenvalue weighted by Crippen LogP contribution is -2.25. The van der Waals surface area contributed by atoms with Gasteiger partial charge in [0.15, 0.2) is 0 Å². The molecule has 2 atom stereocenters. The first-order valence-corrected chi connectivity index (χ1v) is 6.15. The lowest BCUT2D eigenvalue weighted by molar-refractivity contribution is 0.493. The second-order valence-corrected chi connectivity index (χ2v) is 4.62. The third kappa shape index (κ3) is 3.07. The van der Waals surface area contributed by atoms with Crippen LogP contribution in [0.4, 0.5) is 0 Å². The predicted octanol–water partition coefficient (Wildman–Crippen LogP) is 3.01. The monoisotopic (exact) mass is 203 g/mol. The molecule has 1 heteroatoms. The van der Waals surface area contributed by atoms with E-state index in [0.717, 1.165) is 18.5 Å². The van der Waals surface area contributed by atoms with Crippen molar-refractivity contribution < 1.29 is 0 Å². The van der Waals surface area contributed by atoms with Crippen molar-refractivity contribution in [3.05, 3.63) is 35.9 Å². The molecule has 0 saturated heterocycles. The Balaban J connectivity index is 1.82. The molecule has 1 aliphatic rings.